The fraction of sp³-hybridized carbons (Fsp3) is 0.632. The summed E-state index contributed by atoms with van der Waals surface area (Å²) < 4.78 is 5.30. The zero-order chi connectivity index (χ0) is 15.9. The molecule has 0 aliphatic heterocycles. The van der Waals surface area contributed by atoms with Gasteiger partial charge in [0.2, 0.25) is 0 Å². The van der Waals surface area contributed by atoms with Crippen molar-refractivity contribution in [2.24, 2.45) is 17.3 Å². The smallest absolute Gasteiger partial charge is 0.407 e. The number of hydrogen-bond acceptors (Lipinski definition) is 3. The van der Waals surface area contributed by atoms with Crippen LogP contribution in [-0.4, -0.2) is 23.3 Å². The molecular weight excluding hydrogens is 290 g/mol. The van der Waals surface area contributed by atoms with Gasteiger partial charge in [0.25, 0.3) is 0 Å². The topological polar surface area (TPSA) is 58.6 Å². The second-order valence-corrected chi connectivity index (χ2v) is 8.10. The number of aliphatic hydroxyl groups is 1. The quantitative estimate of drug-likeness (QED) is 0.897. The molecule has 0 aromatic heterocycles. The Morgan fingerprint density at radius 1 is 1.17 bits per heavy atom. The van der Waals surface area contributed by atoms with Gasteiger partial charge in [-0.3, -0.25) is 0 Å². The van der Waals surface area contributed by atoms with Gasteiger partial charge in [0.15, 0.2) is 0 Å². The van der Waals surface area contributed by atoms with E-state index < -0.39 is 5.60 Å². The lowest BCUT2D eigenvalue weighted by atomic mass is 9.48. The van der Waals surface area contributed by atoms with E-state index in [2.05, 4.69) is 5.32 Å². The molecule has 124 valence electrons. The third kappa shape index (κ3) is 3.09. The van der Waals surface area contributed by atoms with Crippen LogP contribution in [0.2, 0.25) is 0 Å². The molecule has 4 nitrogen and oxygen atoms in total. The molecule has 1 aromatic carbocycles. The summed E-state index contributed by atoms with van der Waals surface area (Å²) in [7, 11) is 0. The first-order chi connectivity index (χ1) is 11.0. The Hall–Kier alpha value is -1.55. The number of hydrogen-bond donors (Lipinski definition) is 2. The Labute approximate surface area is 137 Å². The van der Waals surface area contributed by atoms with Crippen LogP contribution >= 0.6 is 0 Å². The standard InChI is InChI=1S/C19H25NO3/c21-17(23-11-14-4-2-1-3-5-14)20-13-18-7-15-6-16(8-18)10-19(22,9-15)12-18/h1-5,15-16,22H,6-13H2,(H,20,21). The van der Waals surface area contributed by atoms with Crippen LogP contribution in [0.4, 0.5) is 4.79 Å². The number of rotatable bonds is 4. The predicted molar refractivity (Wildman–Crippen MR) is 86.7 cm³/mol. The molecule has 0 heterocycles. The van der Waals surface area contributed by atoms with E-state index in [1.54, 1.807) is 0 Å². The lowest BCUT2D eigenvalue weighted by Gasteiger charge is -2.60. The van der Waals surface area contributed by atoms with Crippen LogP contribution < -0.4 is 5.32 Å². The van der Waals surface area contributed by atoms with E-state index >= 15 is 0 Å². The SMILES string of the molecule is O=C(NCC12CC3CC(CC(O)(C3)C1)C2)OCc1ccccc1. The van der Waals surface area contributed by atoms with Crippen molar-refractivity contribution < 1.29 is 14.6 Å². The molecule has 4 saturated carbocycles. The highest BCUT2D eigenvalue weighted by molar-refractivity contribution is 5.67. The minimum Gasteiger partial charge on any atom is -0.445 e. The van der Waals surface area contributed by atoms with E-state index in [1.807, 2.05) is 30.3 Å². The molecule has 4 fully saturated rings. The zero-order valence-electron chi connectivity index (χ0n) is 13.5. The molecule has 0 spiro atoms. The maximum absolute atomic E-state index is 12.0. The van der Waals surface area contributed by atoms with Crippen LogP contribution in [0.1, 0.15) is 44.1 Å². The predicted octanol–water partition coefficient (Wildman–Crippen LogP) is 3.24. The van der Waals surface area contributed by atoms with Gasteiger partial charge >= 0.3 is 6.09 Å². The van der Waals surface area contributed by atoms with E-state index in [9.17, 15) is 9.90 Å². The van der Waals surface area contributed by atoms with Crippen molar-refractivity contribution in [1.82, 2.24) is 5.32 Å². The van der Waals surface area contributed by atoms with Crippen molar-refractivity contribution in [2.75, 3.05) is 6.54 Å². The fourth-order valence-corrected chi connectivity index (χ4v) is 5.64. The van der Waals surface area contributed by atoms with Gasteiger partial charge in [0, 0.05) is 6.54 Å². The van der Waals surface area contributed by atoms with Gasteiger partial charge in [-0.05, 0) is 61.3 Å². The Morgan fingerprint density at radius 2 is 1.87 bits per heavy atom. The van der Waals surface area contributed by atoms with Gasteiger partial charge in [-0.15, -0.1) is 0 Å². The highest BCUT2D eigenvalue weighted by Crippen LogP contribution is 2.61. The number of benzene rings is 1. The molecule has 2 N–H and O–H groups in total. The normalized spacial score (nSPS) is 37.6. The Morgan fingerprint density at radius 3 is 2.52 bits per heavy atom. The van der Waals surface area contributed by atoms with Crippen molar-refractivity contribution in [3.8, 4) is 0 Å². The van der Waals surface area contributed by atoms with Crippen LogP contribution in [0, 0.1) is 17.3 Å². The molecule has 23 heavy (non-hydrogen) atoms. The maximum Gasteiger partial charge on any atom is 0.407 e. The van der Waals surface area contributed by atoms with Gasteiger partial charge < -0.3 is 15.2 Å². The third-order valence-electron chi connectivity index (χ3n) is 5.97. The third-order valence-corrected chi connectivity index (χ3v) is 5.97. The average molecular weight is 315 g/mol. The molecule has 5 rings (SSSR count). The summed E-state index contributed by atoms with van der Waals surface area (Å²) in [6.07, 6.45) is 5.97. The molecule has 0 saturated heterocycles. The molecule has 0 radical (unpaired) electrons. The minimum atomic E-state index is -0.473. The monoisotopic (exact) mass is 315 g/mol. The first-order valence-electron chi connectivity index (χ1n) is 8.71. The number of ether oxygens (including phenoxy) is 1. The second kappa shape index (κ2) is 5.52. The number of alkyl carbamates (subject to hydrolysis) is 1. The Balaban J connectivity index is 1.31. The van der Waals surface area contributed by atoms with Crippen LogP contribution in [-0.2, 0) is 11.3 Å². The highest BCUT2D eigenvalue weighted by atomic mass is 16.5. The number of carbonyl (C=O) groups excluding carboxylic acids is 1. The number of nitrogens with one attached hydrogen (secondary N) is 1. The van der Waals surface area contributed by atoms with Gasteiger partial charge in [-0.1, -0.05) is 30.3 Å². The van der Waals surface area contributed by atoms with Gasteiger partial charge in [-0.25, -0.2) is 4.79 Å². The first-order valence-corrected chi connectivity index (χ1v) is 8.71. The zero-order valence-corrected chi connectivity index (χ0v) is 13.5. The number of carbonyl (C=O) groups is 1. The van der Waals surface area contributed by atoms with Crippen molar-refractivity contribution in [2.45, 2.75) is 50.7 Å². The van der Waals surface area contributed by atoms with Crippen LogP contribution in [0.3, 0.4) is 0 Å². The lowest BCUT2D eigenvalue weighted by Crippen LogP contribution is -2.58. The van der Waals surface area contributed by atoms with E-state index in [0.29, 0.717) is 25.0 Å². The van der Waals surface area contributed by atoms with Gasteiger partial charge in [0.05, 0.1) is 5.60 Å². The summed E-state index contributed by atoms with van der Waals surface area (Å²) in [4.78, 5) is 12.0. The lowest BCUT2D eigenvalue weighted by molar-refractivity contribution is -0.161. The van der Waals surface area contributed by atoms with E-state index in [4.69, 9.17) is 4.74 Å². The van der Waals surface area contributed by atoms with Crippen molar-refractivity contribution in [1.29, 1.82) is 0 Å². The first kappa shape index (κ1) is 15.0. The van der Waals surface area contributed by atoms with Crippen molar-refractivity contribution in [3.05, 3.63) is 35.9 Å². The highest BCUT2D eigenvalue weighted by Gasteiger charge is 2.57. The molecule has 4 aliphatic carbocycles. The summed E-state index contributed by atoms with van der Waals surface area (Å²) in [5.41, 5.74) is 0.608. The molecule has 1 aromatic rings. The van der Waals surface area contributed by atoms with Crippen LogP contribution in [0.25, 0.3) is 0 Å². The van der Waals surface area contributed by atoms with E-state index in [1.165, 1.54) is 6.42 Å². The molecule has 4 heteroatoms. The Bertz CT molecular complexity index is 572. The van der Waals surface area contributed by atoms with Crippen LogP contribution in [0.5, 0.6) is 0 Å². The summed E-state index contributed by atoms with van der Waals surface area (Å²) in [6.45, 7) is 0.935. The number of amides is 1. The molecular formula is C19H25NO3. The van der Waals surface area contributed by atoms with E-state index in [0.717, 1.165) is 37.7 Å². The Kier molecular flexibility index (Phi) is 3.60. The molecule has 4 aliphatic rings. The van der Waals surface area contributed by atoms with E-state index in [-0.39, 0.29) is 11.5 Å². The largest absolute Gasteiger partial charge is 0.445 e. The summed E-state index contributed by atoms with van der Waals surface area (Å²) in [6, 6.07) is 9.71. The fourth-order valence-electron chi connectivity index (χ4n) is 5.64. The average Bonchev–Trinajstić information content (AvgIpc) is 2.50. The van der Waals surface area contributed by atoms with Crippen LogP contribution in [0.15, 0.2) is 30.3 Å². The maximum atomic E-state index is 12.0. The second-order valence-electron chi connectivity index (χ2n) is 8.10. The van der Waals surface area contributed by atoms with Gasteiger partial charge in [-0.2, -0.15) is 0 Å². The molecule has 2 unspecified atom stereocenters. The van der Waals surface area contributed by atoms with Crippen molar-refractivity contribution in [3.63, 3.8) is 0 Å². The molecule has 4 bridgehead atoms. The summed E-state index contributed by atoms with van der Waals surface area (Å²) in [5, 5.41) is 13.7. The summed E-state index contributed by atoms with van der Waals surface area (Å²) in [5.74, 6) is 1.28. The molecule has 1 amide bonds. The summed E-state index contributed by atoms with van der Waals surface area (Å²) >= 11 is 0. The van der Waals surface area contributed by atoms with Crippen molar-refractivity contribution >= 4 is 6.09 Å². The molecule has 2 atom stereocenters. The minimum absolute atomic E-state index is 0.0879. The van der Waals surface area contributed by atoms with Gasteiger partial charge in [0.1, 0.15) is 6.61 Å².